The molecule has 1 saturated heterocycles. The summed E-state index contributed by atoms with van der Waals surface area (Å²) in [5, 5.41) is 2.91. The van der Waals surface area contributed by atoms with Gasteiger partial charge >= 0.3 is 0 Å². The summed E-state index contributed by atoms with van der Waals surface area (Å²) in [6.07, 6.45) is 1.21. The average Bonchev–Trinajstić information content (AvgIpc) is 3.10. The molecule has 2 aromatic rings. The number of benzene rings is 2. The molecule has 0 radical (unpaired) electrons. The highest BCUT2D eigenvalue weighted by Crippen LogP contribution is 2.28. The molecule has 0 saturated carbocycles. The minimum Gasteiger partial charge on any atom is -0.324 e. The lowest BCUT2D eigenvalue weighted by molar-refractivity contribution is -0.119. The summed E-state index contributed by atoms with van der Waals surface area (Å²) in [4.78, 5) is 13.0. The van der Waals surface area contributed by atoms with E-state index < -0.39 is 16.1 Å². The van der Waals surface area contributed by atoms with Gasteiger partial charge in [-0.25, -0.2) is 8.42 Å². The van der Waals surface area contributed by atoms with Crippen molar-refractivity contribution in [1.82, 2.24) is 4.31 Å². The van der Waals surface area contributed by atoms with Crippen LogP contribution in [0.5, 0.6) is 0 Å². The van der Waals surface area contributed by atoms with Gasteiger partial charge in [0.25, 0.3) is 0 Å². The van der Waals surface area contributed by atoms with Crippen LogP contribution in [0.4, 0.5) is 5.69 Å². The lowest BCUT2D eigenvalue weighted by Gasteiger charge is -2.24. The molecule has 138 valence electrons. The van der Waals surface area contributed by atoms with Gasteiger partial charge in [-0.1, -0.05) is 29.8 Å². The predicted octanol–water partition coefficient (Wildman–Crippen LogP) is 3.40. The summed E-state index contributed by atoms with van der Waals surface area (Å²) in [5.41, 5.74) is 3.80. The Balaban J connectivity index is 1.84. The van der Waals surface area contributed by atoms with Gasteiger partial charge in [0, 0.05) is 12.2 Å². The number of sulfonamides is 1. The van der Waals surface area contributed by atoms with Crippen LogP contribution in [-0.4, -0.2) is 31.2 Å². The Kier molecular flexibility index (Phi) is 5.16. The monoisotopic (exact) mass is 372 g/mol. The lowest BCUT2D eigenvalue weighted by Crippen LogP contribution is -2.43. The molecule has 26 heavy (non-hydrogen) atoms. The van der Waals surface area contributed by atoms with Gasteiger partial charge in [0.2, 0.25) is 15.9 Å². The van der Waals surface area contributed by atoms with Crippen molar-refractivity contribution in [2.24, 2.45) is 0 Å². The third-order valence-corrected chi connectivity index (χ3v) is 6.92. The van der Waals surface area contributed by atoms with E-state index in [1.54, 1.807) is 24.3 Å². The minimum absolute atomic E-state index is 0.231. The molecular formula is C20H24N2O3S. The average molecular weight is 372 g/mol. The molecule has 0 spiro atoms. The zero-order valence-corrected chi connectivity index (χ0v) is 16.1. The van der Waals surface area contributed by atoms with Gasteiger partial charge in [-0.05, 0) is 62.9 Å². The maximum absolute atomic E-state index is 13.0. The number of nitrogens with zero attached hydrogens (tertiary/aromatic N) is 1. The fraction of sp³-hybridized carbons (Fsp3) is 0.350. The number of carbonyl (C=O) groups is 1. The number of amides is 1. The van der Waals surface area contributed by atoms with E-state index in [0.29, 0.717) is 19.4 Å². The van der Waals surface area contributed by atoms with E-state index in [-0.39, 0.29) is 10.8 Å². The van der Waals surface area contributed by atoms with E-state index in [1.807, 2.05) is 39.0 Å². The van der Waals surface area contributed by atoms with Crippen LogP contribution in [0, 0.1) is 20.8 Å². The summed E-state index contributed by atoms with van der Waals surface area (Å²) in [6, 6.07) is 11.8. The van der Waals surface area contributed by atoms with Crippen molar-refractivity contribution < 1.29 is 13.2 Å². The normalized spacial score (nSPS) is 18.0. The smallest absolute Gasteiger partial charge is 0.243 e. The molecule has 0 bridgehead atoms. The number of carbonyl (C=O) groups excluding carboxylic acids is 1. The van der Waals surface area contributed by atoms with Crippen molar-refractivity contribution in [3.8, 4) is 0 Å². The summed E-state index contributed by atoms with van der Waals surface area (Å²) in [6.45, 7) is 6.20. The van der Waals surface area contributed by atoms with Crippen LogP contribution in [0.1, 0.15) is 29.5 Å². The largest absolute Gasteiger partial charge is 0.324 e. The number of aryl methyl sites for hydroxylation is 2. The highest BCUT2D eigenvalue weighted by molar-refractivity contribution is 7.89. The van der Waals surface area contributed by atoms with Crippen LogP contribution < -0.4 is 5.32 Å². The van der Waals surface area contributed by atoms with Crippen LogP contribution in [0.3, 0.4) is 0 Å². The fourth-order valence-corrected chi connectivity index (χ4v) is 4.89. The summed E-state index contributed by atoms with van der Waals surface area (Å²) in [5.74, 6) is -0.271. The molecule has 0 aromatic heterocycles. The first-order valence-corrected chi connectivity index (χ1v) is 10.2. The highest BCUT2D eigenvalue weighted by Gasteiger charge is 2.39. The summed E-state index contributed by atoms with van der Waals surface area (Å²) in [7, 11) is -3.69. The van der Waals surface area contributed by atoms with E-state index in [0.717, 1.165) is 22.4 Å². The topological polar surface area (TPSA) is 66.5 Å². The van der Waals surface area contributed by atoms with Crippen LogP contribution in [-0.2, 0) is 14.8 Å². The van der Waals surface area contributed by atoms with Crippen LogP contribution in [0.25, 0.3) is 0 Å². The molecule has 1 atom stereocenters. The SMILES string of the molecule is Cc1ccc(S(=O)(=O)N2CCC[C@H]2C(=O)Nc2cccc(C)c2C)cc1. The predicted molar refractivity (Wildman–Crippen MR) is 103 cm³/mol. The molecule has 6 heteroatoms. The van der Waals surface area contributed by atoms with E-state index >= 15 is 0 Å². The van der Waals surface area contributed by atoms with Gasteiger partial charge in [-0.3, -0.25) is 4.79 Å². The number of hydrogen-bond acceptors (Lipinski definition) is 3. The van der Waals surface area contributed by atoms with Gasteiger partial charge in [-0.2, -0.15) is 4.31 Å². The Hall–Kier alpha value is -2.18. The van der Waals surface area contributed by atoms with Gasteiger partial charge in [0.1, 0.15) is 6.04 Å². The van der Waals surface area contributed by atoms with Crippen LogP contribution in [0.2, 0.25) is 0 Å². The maximum Gasteiger partial charge on any atom is 0.243 e. The van der Waals surface area contributed by atoms with Crippen molar-refractivity contribution >= 4 is 21.6 Å². The molecule has 2 aromatic carbocycles. The van der Waals surface area contributed by atoms with Crippen molar-refractivity contribution in [2.45, 2.75) is 44.6 Å². The Morgan fingerprint density at radius 3 is 2.46 bits per heavy atom. The van der Waals surface area contributed by atoms with Crippen LogP contribution in [0.15, 0.2) is 47.4 Å². The standard InChI is InChI=1S/C20H24N2O3S/c1-14-9-11-17(12-10-14)26(24,25)22-13-5-8-19(22)20(23)21-18-7-4-6-15(2)16(18)3/h4,6-7,9-12,19H,5,8,13H2,1-3H3,(H,21,23)/t19-/m0/s1. The van der Waals surface area contributed by atoms with E-state index in [1.165, 1.54) is 4.31 Å². The zero-order valence-electron chi connectivity index (χ0n) is 15.3. The molecule has 0 unspecified atom stereocenters. The third-order valence-electron chi connectivity index (χ3n) is 5.00. The van der Waals surface area contributed by atoms with E-state index in [4.69, 9.17) is 0 Å². The summed E-state index contributed by atoms with van der Waals surface area (Å²) >= 11 is 0. The van der Waals surface area contributed by atoms with Crippen molar-refractivity contribution in [2.75, 3.05) is 11.9 Å². The Morgan fingerprint density at radius 2 is 1.77 bits per heavy atom. The second kappa shape index (κ2) is 7.21. The Bertz CT molecular complexity index is 921. The molecule has 5 nitrogen and oxygen atoms in total. The van der Waals surface area contributed by atoms with Gasteiger partial charge in [0.15, 0.2) is 0 Å². The first-order chi connectivity index (χ1) is 12.3. The second-order valence-electron chi connectivity index (χ2n) is 6.82. The third kappa shape index (κ3) is 3.52. The van der Waals surface area contributed by atoms with Crippen molar-refractivity contribution in [3.63, 3.8) is 0 Å². The van der Waals surface area contributed by atoms with Gasteiger partial charge in [-0.15, -0.1) is 0 Å². The molecule has 3 rings (SSSR count). The molecule has 1 aliphatic rings. The molecule has 1 aliphatic heterocycles. The number of hydrogen-bond donors (Lipinski definition) is 1. The molecular weight excluding hydrogens is 348 g/mol. The van der Waals surface area contributed by atoms with Gasteiger partial charge < -0.3 is 5.32 Å². The van der Waals surface area contributed by atoms with E-state index in [9.17, 15) is 13.2 Å². The maximum atomic E-state index is 13.0. The Labute approximate surface area is 155 Å². The second-order valence-corrected chi connectivity index (χ2v) is 8.71. The highest BCUT2D eigenvalue weighted by atomic mass is 32.2. The van der Waals surface area contributed by atoms with Crippen molar-refractivity contribution in [1.29, 1.82) is 0 Å². The minimum atomic E-state index is -3.69. The number of nitrogens with one attached hydrogen (secondary N) is 1. The zero-order chi connectivity index (χ0) is 18.9. The molecule has 1 N–H and O–H groups in total. The molecule has 1 fully saturated rings. The number of rotatable bonds is 4. The van der Waals surface area contributed by atoms with Crippen molar-refractivity contribution in [3.05, 3.63) is 59.2 Å². The summed E-state index contributed by atoms with van der Waals surface area (Å²) < 4.78 is 27.3. The molecule has 0 aliphatic carbocycles. The first kappa shape index (κ1) is 18.6. The molecule has 1 amide bonds. The fourth-order valence-electron chi connectivity index (χ4n) is 3.24. The first-order valence-electron chi connectivity index (χ1n) is 8.76. The van der Waals surface area contributed by atoms with Crippen LogP contribution >= 0.6 is 0 Å². The number of anilines is 1. The Morgan fingerprint density at radius 1 is 1.08 bits per heavy atom. The van der Waals surface area contributed by atoms with E-state index in [2.05, 4.69) is 5.32 Å². The quantitative estimate of drug-likeness (QED) is 0.894. The molecule has 1 heterocycles. The lowest BCUT2D eigenvalue weighted by atomic mass is 10.1. The van der Waals surface area contributed by atoms with Gasteiger partial charge in [0.05, 0.1) is 4.90 Å².